The summed E-state index contributed by atoms with van der Waals surface area (Å²) in [7, 11) is 0. The van der Waals surface area contributed by atoms with Crippen LogP contribution in [0.4, 0.5) is 0 Å². The predicted octanol–water partition coefficient (Wildman–Crippen LogP) is 4.10. The van der Waals surface area contributed by atoms with Gasteiger partial charge in [-0.3, -0.25) is 0 Å². The van der Waals surface area contributed by atoms with E-state index in [1.807, 2.05) is 0 Å². The number of rotatable bonds is 0. The largest absolute Gasteiger partial charge is 0.361 e. The van der Waals surface area contributed by atoms with Crippen molar-refractivity contribution in [3.8, 4) is 0 Å². The Labute approximate surface area is 128 Å². The minimum absolute atomic E-state index is 0.0707. The Kier molecular flexibility index (Phi) is 3.35. The van der Waals surface area contributed by atoms with Crippen molar-refractivity contribution < 1.29 is 4.74 Å². The molecule has 2 nitrogen and oxygen atoms in total. The second-order valence-electron chi connectivity index (χ2n) is 7.47. The highest BCUT2D eigenvalue weighted by Crippen LogP contribution is 2.49. The van der Waals surface area contributed by atoms with Crippen LogP contribution >= 0.6 is 0 Å². The third-order valence-electron chi connectivity index (χ3n) is 6.00. The van der Waals surface area contributed by atoms with E-state index in [2.05, 4.69) is 36.5 Å². The summed E-state index contributed by atoms with van der Waals surface area (Å²) in [5.41, 5.74) is 3.00. The molecule has 21 heavy (non-hydrogen) atoms. The van der Waals surface area contributed by atoms with E-state index in [0.29, 0.717) is 5.92 Å². The van der Waals surface area contributed by atoms with Crippen LogP contribution in [0.15, 0.2) is 24.3 Å². The van der Waals surface area contributed by atoms with Gasteiger partial charge in [-0.25, -0.2) is 0 Å². The lowest BCUT2D eigenvalue weighted by molar-refractivity contribution is -0.203. The van der Waals surface area contributed by atoms with Gasteiger partial charge in [0.15, 0.2) is 0 Å². The number of fused-ring (bicyclic) bond motifs is 2. The third-order valence-corrected chi connectivity index (χ3v) is 6.00. The minimum atomic E-state index is -0.0707. The van der Waals surface area contributed by atoms with Crippen molar-refractivity contribution in [2.75, 3.05) is 13.1 Å². The Morgan fingerprint density at radius 1 is 1.05 bits per heavy atom. The van der Waals surface area contributed by atoms with Crippen LogP contribution in [-0.4, -0.2) is 18.7 Å². The summed E-state index contributed by atoms with van der Waals surface area (Å²) >= 11 is 0. The fraction of sp³-hybridized carbons (Fsp3) is 0.684. The summed E-state index contributed by atoms with van der Waals surface area (Å²) in [6, 6.07) is 8.99. The van der Waals surface area contributed by atoms with Gasteiger partial charge in [-0.05, 0) is 42.7 Å². The first-order valence-electron chi connectivity index (χ1n) is 8.73. The van der Waals surface area contributed by atoms with Gasteiger partial charge < -0.3 is 10.1 Å². The molecule has 2 heteroatoms. The standard InChI is InChI=1S/C19H27NO/c1-15-9-12-19(17-8-4-3-7-16(15)17)14-20-13-18(21-19)10-5-2-6-11-18/h3-4,7-8,15,20H,2,5-6,9-14H2,1H3. The van der Waals surface area contributed by atoms with Gasteiger partial charge in [0.2, 0.25) is 0 Å². The maximum absolute atomic E-state index is 6.96. The van der Waals surface area contributed by atoms with Crippen LogP contribution in [-0.2, 0) is 10.3 Å². The van der Waals surface area contributed by atoms with E-state index in [1.54, 1.807) is 0 Å². The number of hydrogen-bond acceptors (Lipinski definition) is 2. The summed E-state index contributed by atoms with van der Waals surface area (Å²) < 4.78 is 6.96. The average Bonchev–Trinajstić information content (AvgIpc) is 2.53. The Bertz CT molecular complexity index is 515. The number of ether oxygens (including phenoxy) is 1. The zero-order valence-corrected chi connectivity index (χ0v) is 13.2. The molecule has 4 rings (SSSR count). The monoisotopic (exact) mass is 285 g/mol. The molecule has 2 unspecified atom stereocenters. The van der Waals surface area contributed by atoms with Crippen molar-refractivity contribution in [1.29, 1.82) is 0 Å². The fourth-order valence-corrected chi connectivity index (χ4v) is 4.82. The van der Waals surface area contributed by atoms with Crippen LogP contribution in [0.5, 0.6) is 0 Å². The summed E-state index contributed by atoms with van der Waals surface area (Å²) in [4.78, 5) is 0. The van der Waals surface area contributed by atoms with Crippen molar-refractivity contribution in [3.63, 3.8) is 0 Å². The number of nitrogens with one attached hydrogen (secondary N) is 1. The van der Waals surface area contributed by atoms with E-state index < -0.39 is 0 Å². The fourth-order valence-electron chi connectivity index (χ4n) is 4.82. The molecule has 1 aromatic rings. The summed E-state index contributed by atoms with van der Waals surface area (Å²) in [6.07, 6.45) is 8.92. The van der Waals surface area contributed by atoms with Gasteiger partial charge >= 0.3 is 0 Å². The highest BCUT2D eigenvalue weighted by molar-refractivity contribution is 5.38. The molecule has 1 saturated carbocycles. The molecule has 2 fully saturated rings. The molecule has 2 atom stereocenters. The molecular formula is C19H27NO. The highest BCUT2D eigenvalue weighted by atomic mass is 16.5. The van der Waals surface area contributed by atoms with Crippen molar-refractivity contribution in [2.45, 2.75) is 69.0 Å². The highest BCUT2D eigenvalue weighted by Gasteiger charge is 2.49. The summed E-state index contributed by atoms with van der Waals surface area (Å²) in [5, 5.41) is 3.74. The molecule has 0 amide bonds. The first kappa shape index (κ1) is 13.8. The summed E-state index contributed by atoms with van der Waals surface area (Å²) in [5.74, 6) is 0.666. The molecule has 0 radical (unpaired) electrons. The van der Waals surface area contributed by atoms with Gasteiger partial charge in [-0.15, -0.1) is 0 Å². The zero-order valence-electron chi connectivity index (χ0n) is 13.2. The molecule has 1 aliphatic heterocycles. The van der Waals surface area contributed by atoms with Gasteiger partial charge in [0.1, 0.15) is 5.60 Å². The SMILES string of the molecule is CC1CCC2(CNCC3(CCCCC3)O2)c2ccccc21. The van der Waals surface area contributed by atoms with E-state index in [0.717, 1.165) is 13.1 Å². The minimum Gasteiger partial charge on any atom is -0.361 e. The van der Waals surface area contributed by atoms with Gasteiger partial charge in [-0.1, -0.05) is 50.5 Å². The molecule has 0 bridgehead atoms. The lowest BCUT2D eigenvalue weighted by atomic mass is 9.72. The molecular weight excluding hydrogens is 258 g/mol. The second kappa shape index (κ2) is 5.10. The first-order valence-corrected chi connectivity index (χ1v) is 8.73. The molecule has 1 N–H and O–H groups in total. The maximum atomic E-state index is 6.96. The van der Waals surface area contributed by atoms with Crippen molar-refractivity contribution in [3.05, 3.63) is 35.4 Å². The Morgan fingerprint density at radius 3 is 2.71 bits per heavy atom. The molecule has 114 valence electrons. The topological polar surface area (TPSA) is 21.3 Å². The number of benzene rings is 1. The molecule has 1 aromatic carbocycles. The maximum Gasteiger partial charge on any atom is 0.107 e. The second-order valence-corrected chi connectivity index (χ2v) is 7.47. The van der Waals surface area contributed by atoms with Crippen LogP contribution in [0.1, 0.15) is 68.9 Å². The quantitative estimate of drug-likeness (QED) is 0.775. The molecule has 1 saturated heterocycles. The van der Waals surface area contributed by atoms with Crippen molar-refractivity contribution >= 4 is 0 Å². The lowest BCUT2D eigenvalue weighted by Gasteiger charge is -2.53. The van der Waals surface area contributed by atoms with Crippen LogP contribution in [0.3, 0.4) is 0 Å². The van der Waals surface area contributed by atoms with Gasteiger partial charge in [0.05, 0.1) is 5.60 Å². The van der Waals surface area contributed by atoms with E-state index in [9.17, 15) is 0 Å². The van der Waals surface area contributed by atoms with Crippen LogP contribution < -0.4 is 5.32 Å². The first-order chi connectivity index (χ1) is 10.2. The molecule has 0 aromatic heterocycles. The van der Waals surface area contributed by atoms with Crippen LogP contribution in [0.2, 0.25) is 0 Å². The van der Waals surface area contributed by atoms with E-state index in [-0.39, 0.29) is 11.2 Å². The summed E-state index contributed by atoms with van der Waals surface area (Å²) in [6.45, 7) is 4.39. The molecule has 3 aliphatic rings. The Balaban J connectivity index is 1.72. The smallest absolute Gasteiger partial charge is 0.107 e. The number of morpholine rings is 1. The Hall–Kier alpha value is -0.860. The van der Waals surface area contributed by atoms with Crippen molar-refractivity contribution in [2.24, 2.45) is 0 Å². The molecule has 2 spiro atoms. The lowest BCUT2D eigenvalue weighted by Crippen LogP contribution is -2.60. The Morgan fingerprint density at radius 2 is 1.86 bits per heavy atom. The van der Waals surface area contributed by atoms with E-state index >= 15 is 0 Å². The molecule has 2 aliphatic carbocycles. The van der Waals surface area contributed by atoms with Crippen LogP contribution in [0, 0.1) is 0 Å². The molecule has 1 heterocycles. The normalized spacial score (nSPS) is 34.8. The average molecular weight is 285 g/mol. The number of hydrogen-bond donors (Lipinski definition) is 1. The van der Waals surface area contributed by atoms with Gasteiger partial charge in [0.25, 0.3) is 0 Å². The van der Waals surface area contributed by atoms with Crippen molar-refractivity contribution in [1.82, 2.24) is 5.32 Å². The zero-order chi connectivity index (χ0) is 14.3. The third kappa shape index (κ3) is 2.24. The predicted molar refractivity (Wildman–Crippen MR) is 85.5 cm³/mol. The van der Waals surface area contributed by atoms with E-state index in [4.69, 9.17) is 4.74 Å². The van der Waals surface area contributed by atoms with E-state index in [1.165, 1.54) is 56.1 Å². The van der Waals surface area contributed by atoms with Gasteiger partial charge in [-0.2, -0.15) is 0 Å². The van der Waals surface area contributed by atoms with Crippen LogP contribution in [0.25, 0.3) is 0 Å². The van der Waals surface area contributed by atoms with Gasteiger partial charge in [0, 0.05) is 13.1 Å².